The lowest BCUT2D eigenvalue weighted by molar-refractivity contribution is 0.0903. The van der Waals surface area contributed by atoms with Crippen molar-refractivity contribution in [3.63, 3.8) is 0 Å². The Bertz CT molecular complexity index is 660. The number of rotatable bonds is 2. The summed E-state index contributed by atoms with van der Waals surface area (Å²) in [6.07, 6.45) is 1.06. The molecule has 2 heterocycles. The molecule has 4 nitrogen and oxygen atoms in total. The molecule has 0 amide bonds. The Morgan fingerprint density at radius 3 is 2.95 bits per heavy atom. The van der Waals surface area contributed by atoms with Gasteiger partial charge in [0.25, 0.3) is 0 Å². The summed E-state index contributed by atoms with van der Waals surface area (Å²) in [5, 5.41) is -0.215. The molecule has 3 rings (SSSR count). The summed E-state index contributed by atoms with van der Waals surface area (Å²) in [5.74, 6) is 0.0877. The average molecular weight is 282 g/mol. The number of hydrogen-bond donors (Lipinski definition) is 0. The molecule has 2 aromatic rings. The molecular formula is C14H16ClNO3. The number of benzene rings is 1. The summed E-state index contributed by atoms with van der Waals surface area (Å²) in [6, 6.07) is 5.64. The molecule has 0 saturated carbocycles. The van der Waals surface area contributed by atoms with Gasteiger partial charge in [-0.15, -0.1) is 11.6 Å². The van der Waals surface area contributed by atoms with Crippen molar-refractivity contribution in [3.8, 4) is 0 Å². The van der Waals surface area contributed by atoms with Crippen LogP contribution in [-0.2, 0) is 11.8 Å². The van der Waals surface area contributed by atoms with Crippen LogP contribution < -0.4 is 5.76 Å². The highest BCUT2D eigenvalue weighted by Crippen LogP contribution is 2.36. The van der Waals surface area contributed by atoms with E-state index in [1.165, 1.54) is 4.57 Å². The van der Waals surface area contributed by atoms with Gasteiger partial charge in [-0.05, 0) is 30.0 Å². The molecule has 0 spiro atoms. The summed E-state index contributed by atoms with van der Waals surface area (Å²) >= 11 is 6.50. The molecular weight excluding hydrogens is 266 g/mol. The Balaban J connectivity index is 1.99. The average Bonchev–Trinajstić information content (AvgIpc) is 2.93. The number of oxazole rings is 1. The fourth-order valence-corrected chi connectivity index (χ4v) is 3.06. The number of alkyl halides is 1. The normalized spacial score (nSPS) is 25.0. The predicted octanol–water partition coefficient (Wildman–Crippen LogP) is 2.84. The van der Waals surface area contributed by atoms with Gasteiger partial charge in [0, 0.05) is 13.7 Å². The highest BCUT2D eigenvalue weighted by atomic mass is 35.5. The van der Waals surface area contributed by atoms with E-state index in [2.05, 4.69) is 6.92 Å². The first-order valence-corrected chi connectivity index (χ1v) is 6.86. The fraction of sp³-hybridized carbons (Fsp3) is 0.500. The van der Waals surface area contributed by atoms with Crippen LogP contribution in [-0.4, -0.2) is 17.3 Å². The minimum atomic E-state index is -0.358. The molecule has 0 bridgehead atoms. The highest BCUT2D eigenvalue weighted by Gasteiger charge is 2.32. The standard InChI is InChI=1S/C14H16ClNO3/c1-8-5-6-18-13(8)12(15)9-3-4-10-11(7-9)19-14(17)16(10)2/h3-4,7-8,12-13H,5-6H2,1-2H3. The van der Waals surface area contributed by atoms with Crippen molar-refractivity contribution in [1.82, 2.24) is 4.57 Å². The number of halogens is 1. The van der Waals surface area contributed by atoms with Gasteiger partial charge in [-0.3, -0.25) is 4.57 Å². The molecule has 3 unspecified atom stereocenters. The van der Waals surface area contributed by atoms with Gasteiger partial charge in [0.2, 0.25) is 0 Å². The van der Waals surface area contributed by atoms with Crippen molar-refractivity contribution in [1.29, 1.82) is 0 Å². The van der Waals surface area contributed by atoms with E-state index < -0.39 is 0 Å². The van der Waals surface area contributed by atoms with Crippen LogP contribution in [0.4, 0.5) is 0 Å². The van der Waals surface area contributed by atoms with Crippen LogP contribution in [0.1, 0.15) is 24.3 Å². The monoisotopic (exact) mass is 281 g/mol. The number of aryl methyl sites for hydroxylation is 1. The summed E-state index contributed by atoms with van der Waals surface area (Å²) < 4.78 is 12.4. The molecule has 5 heteroatoms. The Labute approximate surface area is 115 Å². The summed E-state index contributed by atoms with van der Waals surface area (Å²) in [4.78, 5) is 11.5. The molecule has 0 radical (unpaired) electrons. The molecule has 0 N–H and O–H groups in total. The maximum absolute atomic E-state index is 11.5. The van der Waals surface area contributed by atoms with E-state index in [1.54, 1.807) is 7.05 Å². The smallest absolute Gasteiger partial charge is 0.408 e. The Morgan fingerprint density at radius 2 is 2.26 bits per heavy atom. The van der Waals surface area contributed by atoms with Crippen LogP contribution in [0, 0.1) is 5.92 Å². The third kappa shape index (κ3) is 2.09. The number of hydrogen-bond acceptors (Lipinski definition) is 3. The molecule has 1 saturated heterocycles. The first kappa shape index (κ1) is 12.8. The van der Waals surface area contributed by atoms with Gasteiger partial charge in [0.1, 0.15) is 0 Å². The predicted molar refractivity (Wildman–Crippen MR) is 73.6 cm³/mol. The topological polar surface area (TPSA) is 44.4 Å². The van der Waals surface area contributed by atoms with Crippen LogP contribution in [0.2, 0.25) is 0 Å². The second kappa shape index (κ2) is 4.69. The van der Waals surface area contributed by atoms with E-state index in [1.807, 2.05) is 18.2 Å². The van der Waals surface area contributed by atoms with Crippen LogP contribution in [0.25, 0.3) is 11.1 Å². The zero-order valence-electron chi connectivity index (χ0n) is 10.9. The van der Waals surface area contributed by atoms with E-state index >= 15 is 0 Å². The minimum absolute atomic E-state index is 0.0227. The second-order valence-electron chi connectivity index (χ2n) is 5.16. The van der Waals surface area contributed by atoms with E-state index in [0.29, 0.717) is 11.5 Å². The lowest BCUT2D eigenvalue weighted by Gasteiger charge is -2.20. The molecule has 1 aliphatic heterocycles. The quantitative estimate of drug-likeness (QED) is 0.795. The zero-order chi connectivity index (χ0) is 13.6. The molecule has 0 aliphatic carbocycles. The Hall–Kier alpha value is -1.26. The van der Waals surface area contributed by atoms with Gasteiger partial charge in [0.05, 0.1) is 17.0 Å². The van der Waals surface area contributed by atoms with E-state index in [-0.39, 0.29) is 17.2 Å². The van der Waals surface area contributed by atoms with E-state index in [9.17, 15) is 4.79 Å². The summed E-state index contributed by atoms with van der Waals surface area (Å²) in [7, 11) is 1.69. The summed E-state index contributed by atoms with van der Waals surface area (Å²) in [5.41, 5.74) is 2.28. The van der Waals surface area contributed by atoms with Gasteiger partial charge < -0.3 is 9.15 Å². The summed E-state index contributed by atoms with van der Waals surface area (Å²) in [6.45, 7) is 2.91. The molecule has 1 aromatic carbocycles. The largest absolute Gasteiger partial charge is 0.419 e. The SMILES string of the molecule is CC1CCOC1C(Cl)c1ccc2c(c1)oc(=O)n2C. The maximum Gasteiger partial charge on any atom is 0.419 e. The van der Waals surface area contributed by atoms with Crippen LogP contribution in [0.3, 0.4) is 0 Å². The number of fused-ring (bicyclic) bond motifs is 1. The van der Waals surface area contributed by atoms with Crippen LogP contribution >= 0.6 is 11.6 Å². The van der Waals surface area contributed by atoms with Gasteiger partial charge in [-0.1, -0.05) is 13.0 Å². The Morgan fingerprint density at radius 1 is 1.47 bits per heavy atom. The van der Waals surface area contributed by atoms with E-state index in [0.717, 1.165) is 24.1 Å². The van der Waals surface area contributed by atoms with Gasteiger partial charge >= 0.3 is 5.76 Å². The molecule has 1 fully saturated rings. The van der Waals surface area contributed by atoms with Gasteiger partial charge in [-0.25, -0.2) is 4.79 Å². The minimum Gasteiger partial charge on any atom is -0.408 e. The van der Waals surface area contributed by atoms with Crippen molar-refractivity contribution in [2.24, 2.45) is 13.0 Å². The molecule has 3 atom stereocenters. The van der Waals surface area contributed by atoms with Crippen molar-refractivity contribution in [2.45, 2.75) is 24.8 Å². The number of nitrogens with zero attached hydrogens (tertiary/aromatic N) is 1. The third-order valence-corrected chi connectivity index (χ3v) is 4.37. The van der Waals surface area contributed by atoms with E-state index in [4.69, 9.17) is 20.8 Å². The van der Waals surface area contributed by atoms with Crippen molar-refractivity contribution >= 4 is 22.7 Å². The lowest BCUT2D eigenvalue weighted by Crippen LogP contribution is -2.19. The van der Waals surface area contributed by atoms with Crippen LogP contribution in [0.5, 0.6) is 0 Å². The third-order valence-electron chi connectivity index (χ3n) is 3.87. The first-order chi connectivity index (χ1) is 9.08. The second-order valence-corrected chi connectivity index (χ2v) is 5.63. The highest BCUT2D eigenvalue weighted by molar-refractivity contribution is 6.21. The maximum atomic E-state index is 11.5. The molecule has 1 aromatic heterocycles. The Kier molecular flexibility index (Phi) is 3.15. The van der Waals surface area contributed by atoms with Gasteiger partial charge in [0.15, 0.2) is 5.58 Å². The van der Waals surface area contributed by atoms with Crippen molar-refractivity contribution in [2.75, 3.05) is 6.61 Å². The van der Waals surface area contributed by atoms with Crippen molar-refractivity contribution < 1.29 is 9.15 Å². The first-order valence-electron chi connectivity index (χ1n) is 6.43. The number of ether oxygens (including phenoxy) is 1. The van der Waals surface area contributed by atoms with Gasteiger partial charge in [-0.2, -0.15) is 0 Å². The fourth-order valence-electron chi connectivity index (χ4n) is 2.60. The molecule has 19 heavy (non-hydrogen) atoms. The van der Waals surface area contributed by atoms with Crippen LogP contribution in [0.15, 0.2) is 27.4 Å². The van der Waals surface area contributed by atoms with Crippen molar-refractivity contribution in [3.05, 3.63) is 34.3 Å². The molecule has 1 aliphatic rings. The lowest BCUT2D eigenvalue weighted by atomic mass is 9.97. The zero-order valence-corrected chi connectivity index (χ0v) is 11.7. The molecule has 102 valence electrons. The number of aromatic nitrogens is 1.